The van der Waals surface area contributed by atoms with Gasteiger partial charge in [-0.15, -0.1) is 0 Å². The van der Waals surface area contributed by atoms with Crippen molar-refractivity contribution >= 4 is 14.2 Å². The monoisotopic (exact) mass is 737 g/mol. The number of carbonyl (C=O) groups is 1. The molecular weight excluding hydrogens is 679 g/mol. The minimum atomic E-state index is -2.34. The van der Waals surface area contributed by atoms with E-state index in [-0.39, 0.29) is 35.3 Å². The molecule has 4 bridgehead atoms. The van der Waals surface area contributed by atoms with E-state index in [1.807, 2.05) is 35.2 Å². The van der Waals surface area contributed by atoms with Gasteiger partial charge in [-0.2, -0.15) is 0 Å². The van der Waals surface area contributed by atoms with Crippen LogP contribution in [0.4, 0.5) is 0 Å². The van der Waals surface area contributed by atoms with Crippen molar-refractivity contribution in [3.63, 3.8) is 0 Å². The fraction of sp³-hybridized carbons (Fsp3) is 0.780. The van der Waals surface area contributed by atoms with Crippen LogP contribution >= 0.6 is 0 Å². The van der Waals surface area contributed by atoms with E-state index in [4.69, 9.17) is 23.4 Å². The quantitative estimate of drug-likeness (QED) is 0.282. The number of hydrogen-bond acceptors (Lipinski definition) is 9. The minimum Gasteiger partial charge on any atom is -0.410 e. The van der Waals surface area contributed by atoms with Crippen molar-refractivity contribution in [2.45, 2.75) is 157 Å². The number of rotatable bonds is 4. The molecule has 5 aliphatic heterocycles. The molecular formula is C41H59NO9Si. The molecule has 52 heavy (non-hydrogen) atoms. The van der Waals surface area contributed by atoms with Gasteiger partial charge in [0.2, 0.25) is 5.91 Å². The first-order valence-electron chi connectivity index (χ1n) is 19.7. The van der Waals surface area contributed by atoms with Gasteiger partial charge in [0.1, 0.15) is 34.6 Å². The molecule has 4 aliphatic carbocycles. The molecule has 8 fully saturated rings. The second-order valence-corrected chi connectivity index (χ2v) is 24.6. The summed E-state index contributed by atoms with van der Waals surface area (Å²) in [7, 11) is -0.639. The minimum absolute atomic E-state index is 0.0228. The molecule has 15 atom stereocenters. The summed E-state index contributed by atoms with van der Waals surface area (Å²) in [6, 6.07) is 8.94. The first kappa shape index (κ1) is 36.0. The summed E-state index contributed by atoms with van der Waals surface area (Å²) >= 11 is 0. The molecule has 5 heterocycles. The van der Waals surface area contributed by atoms with Crippen molar-refractivity contribution in [3.05, 3.63) is 47.5 Å². The maximum absolute atomic E-state index is 15.4. The number of piperidine rings is 2. The van der Waals surface area contributed by atoms with E-state index in [9.17, 15) is 15.3 Å². The Morgan fingerprint density at radius 2 is 1.73 bits per heavy atom. The average molecular weight is 738 g/mol. The Morgan fingerprint density at radius 3 is 2.40 bits per heavy atom. The van der Waals surface area contributed by atoms with Gasteiger partial charge in [0.05, 0.1) is 18.1 Å². The third-order valence-corrected chi connectivity index (χ3v) is 20.9. The number of methoxy groups -OCH3 is 1. The van der Waals surface area contributed by atoms with Gasteiger partial charge in [-0.3, -0.25) is 4.79 Å². The topological polar surface area (TPSA) is 127 Å². The number of fused-ring (bicyclic) bond motifs is 5. The van der Waals surface area contributed by atoms with Gasteiger partial charge in [-0.05, 0) is 62.2 Å². The fourth-order valence-electron chi connectivity index (χ4n) is 12.5. The van der Waals surface area contributed by atoms with Crippen LogP contribution in [0.5, 0.6) is 0 Å². The lowest BCUT2D eigenvalue weighted by molar-refractivity contribution is -0.384. The molecule has 0 unspecified atom stereocenters. The number of aliphatic hydroxyl groups is 3. The highest BCUT2D eigenvalue weighted by atomic mass is 28.4. The van der Waals surface area contributed by atoms with E-state index in [0.29, 0.717) is 31.4 Å². The molecule has 11 heteroatoms. The summed E-state index contributed by atoms with van der Waals surface area (Å²) in [5, 5.41) is 39.6. The molecule has 1 amide bonds. The molecule has 5 saturated heterocycles. The summed E-state index contributed by atoms with van der Waals surface area (Å²) in [4.78, 5) is 17.2. The normalized spacial score (nSPS) is 52.0. The van der Waals surface area contributed by atoms with Crippen LogP contribution in [0, 0.1) is 29.1 Å². The van der Waals surface area contributed by atoms with E-state index in [2.05, 4.69) is 53.8 Å². The predicted octanol–water partition coefficient (Wildman–Crippen LogP) is 5.22. The number of aliphatic hydroxyl groups excluding tert-OH is 1. The average Bonchev–Trinajstić information content (AvgIpc) is 3.60. The van der Waals surface area contributed by atoms with Gasteiger partial charge in [0.15, 0.2) is 20.4 Å². The van der Waals surface area contributed by atoms with Crippen LogP contribution in [0.3, 0.4) is 0 Å². The number of ether oxygens (including phenoxy) is 4. The molecule has 9 aliphatic rings. The Morgan fingerprint density at radius 1 is 1.02 bits per heavy atom. The third kappa shape index (κ3) is 4.11. The van der Waals surface area contributed by atoms with Crippen molar-refractivity contribution in [1.82, 2.24) is 4.90 Å². The summed E-state index contributed by atoms with van der Waals surface area (Å²) in [5.74, 6) is -2.66. The van der Waals surface area contributed by atoms with Crippen LogP contribution in [0.2, 0.25) is 18.1 Å². The first-order valence-corrected chi connectivity index (χ1v) is 22.6. The number of amides is 1. The number of benzene rings is 1. The van der Waals surface area contributed by atoms with Crippen LogP contribution in [0.25, 0.3) is 0 Å². The van der Waals surface area contributed by atoms with Gasteiger partial charge in [0, 0.05) is 49.3 Å². The van der Waals surface area contributed by atoms with E-state index >= 15 is 4.79 Å². The maximum Gasteiger partial charge on any atom is 0.229 e. The molecule has 286 valence electrons. The van der Waals surface area contributed by atoms with Crippen LogP contribution in [-0.4, -0.2) is 101 Å². The van der Waals surface area contributed by atoms with Crippen LogP contribution < -0.4 is 0 Å². The lowest BCUT2D eigenvalue weighted by Gasteiger charge is -2.68. The van der Waals surface area contributed by atoms with E-state index in [1.54, 1.807) is 14.0 Å². The Kier molecular flexibility index (Phi) is 7.47. The lowest BCUT2D eigenvalue weighted by Crippen LogP contribution is -2.84. The molecule has 1 aromatic carbocycles. The number of hydrogen-bond donors (Lipinski definition) is 3. The Balaban J connectivity index is 1.26. The van der Waals surface area contributed by atoms with E-state index in [1.165, 1.54) is 0 Å². The summed E-state index contributed by atoms with van der Waals surface area (Å²) < 4.78 is 34.7. The fourth-order valence-corrected chi connectivity index (χ4v) is 13.8. The predicted molar refractivity (Wildman–Crippen MR) is 194 cm³/mol. The zero-order valence-corrected chi connectivity index (χ0v) is 33.3. The van der Waals surface area contributed by atoms with Crippen molar-refractivity contribution in [3.8, 4) is 0 Å². The maximum atomic E-state index is 15.4. The van der Waals surface area contributed by atoms with Crippen molar-refractivity contribution in [1.29, 1.82) is 0 Å². The largest absolute Gasteiger partial charge is 0.410 e. The van der Waals surface area contributed by atoms with Gasteiger partial charge in [-0.25, -0.2) is 0 Å². The Bertz CT molecular complexity index is 1700. The van der Waals surface area contributed by atoms with Gasteiger partial charge >= 0.3 is 0 Å². The van der Waals surface area contributed by atoms with Gasteiger partial charge in [0.25, 0.3) is 0 Å². The molecule has 3 N–H and O–H groups in total. The Hall–Kier alpha value is -1.67. The highest BCUT2D eigenvalue weighted by Gasteiger charge is 2.87. The van der Waals surface area contributed by atoms with Crippen LogP contribution in [0.1, 0.15) is 91.9 Å². The summed E-state index contributed by atoms with van der Waals surface area (Å²) in [5.41, 5.74) is -5.44. The third-order valence-electron chi connectivity index (χ3n) is 16.4. The Labute approximate surface area is 309 Å². The second-order valence-electron chi connectivity index (χ2n) is 19.8. The van der Waals surface area contributed by atoms with Crippen molar-refractivity contribution in [2.24, 2.45) is 29.1 Å². The molecule has 0 radical (unpaired) electrons. The second kappa shape index (κ2) is 10.8. The molecule has 0 aromatic heterocycles. The smallest absolute Gasteiger partial charge is 0.229 e. The molecule has 3 saturated carbocycles. The zero-order chi connectivity index (χ0) is 37.2. The number of carbonyl (C=O) groups excluding carboxylic acids is 1. The van der Waals surface area contributed by atoms with Gasteiger partial charge < -0.3 is 43.6 Å². The summed E-state index contributed by atoms with van der Waals surface area (Å²) in [6.45, 7) is 17.9. The SMILES string of the molecule is CO[C@@]12CC[C@@]3(C)[C@@H](C1)[C@H](O[Si](C)(C)C(C)(C)C)C=C1[C@]4(O)[C@@H](O)[C@@H]5O[C@H](c6ccccc6)O[C@]56[C@@H](C(=O)N5C[C@@H](C)CC[C@H]5[C@@]6(C)O)[C@@H]4C[C@@]13O2. The van der Waals surface area contributed by atoms with E-state index in [0.717, 1.165) is 18.4 Å². The van der Waals surface area contributed by atoms with Gasteiger partial charge in [-0.1, -0.05) is 71.0 Å². The molecule has 10 rings (SSSR count). The first-order chi connectivity index (χ1) is 24.2. The van der Waals surface area contributed by atoms with Crippen LogP contribution in [0.15, 0.2) is 42.0 Å². The zero-order valence-electron chi connectivity index (χ0n) is 32.3. The number of nitrogens with zero attached hydrogens (tertiary/aromatic N) is 1. The molecule has 1 aromatic rings. The highest BCUT2D eigenvalue weighted by Crippen LogP contribution is 2.76. The van der Waals surface area contributed by atoms with E-state index < -0.39 is 78.3 Å². The summed E-state index contributed by atoms with van der Waals surface area (Å²) in [6.07, 6.45) is 1.85. The molecule has 10 nitrogen and oxygen atoms in total. The highest BCUT2D eigenvalue weighted by molar-refractivity contribution is 6.74. The van der Waals surface area contributed by atoms with Crippen LogP contribution in [-0.2, 0) is 28.2 Å². The standard InChI is InChI=1S/C41H59NO9Si/c1-23-15-16-29-37(6,45)41-30(33(44)42(29)22-23)26-21-39-28(40(26,46)31(43)32(41)48-34(49-41)24-13-11-10-12-14-24)19-27(50-52(8,9)35(2,3)4)25-20-38(47-7,51-39)18-17-36(25,39)5/h10-14,19,23,25-27,29-32,34,43,45-46H,15-18,20-22H2,1-9H3/t23-,25-,26-,27+,29-,30+,31-,32-,34-,36-,37+,38+,39+,40-,41+/m0/s1. The molecule has 2 spiro atoms. The van der Waals surface area contributed by atoms with Crippen molar-refractivity contribution < 1.29 is 43.5 Å². The lowest BCUT2D eigenvalue weighted by atomic mass is 9.48. The van der Waals surface area contributed by atoms with Crippen molar-refractivity contribution in [2.75, 3.05) is 13.7 Å².